The number of hydrogen-bond acceptors (Lipinski definition) is 3. The summed E-state index contributed by atoms with van der Waals surface area (Å²) in [5, 5.41) is 6.37. The van der Waals surface area contributed by atoms with Gasteiger partial charge in [-0.25, -0.2) is 0 Å². The molecule has 0 saturated heterocycles. The molecule has 1 aromatic rings. The van der Waals surface area contributed by atoms with E-state index in [0.717, 1.165) is 5.69 Å². The number of carbonyl (C=O) groups is 1. The Kier molecular flexibility index (Phi) is 4.92. The van der Waals surface area contributed by atoms with Crippen molar-refractivity contribution in [3.63, 3.8) is 0 Å². The monoisotopic (exact) mass is 241 g/mol. The van der Waals surface area contributed by atoms with Crippen molar-refractivity contribution in [1.82, 2.24) is 5.32 Å². The molecule has 1 aromatic carbocycles. The van der Waals surface area contributed by atoms with E-state index in [2.05, 4.69) is 10.6 Å². The van der Waals surface area contributed by atoms with E-state index < -0.39 is 0 Å². The summed E-state index contributed by atoms with van der Waals surface area (Å²) < 4.78 is 0. The van der Waals surface area contributed by atoms with Crippen LogP contribution >= 0.6 is 11.6 Å². The summed E-state index contributed by atoms with van der Waals surface area (Å²) in [6.07, 6.45) is 0.425. The highest BCUT2D eigenvalue weighted by Gasteiger charge is 2.02. The Morgan fingerprint density at radius 1 is 1.50 bits per heavy atom. The number of nitrogens with one attached hydrogen (secondary N) is 2. The molecule has 0 bridgehead atoms. The number of anilines is 2. The van der Waals surface area contributed by atoms with Gasteiger partial charge in [0, 0.05) is 25.2 Å². The Balaban J connectivity index is 2.40. The molecule has 0 radical (unpaired) electrons. The van der Waals surface area contributed by atoms with Gasteiger partial charge in [0.25, 0.3) is 0 Å². The number of benzene rings is 1. The lowest BCUT2D eigenvalue weighted by atomic mass is 10.2. The van der Waals surface area contributed by atoms with Crippen molar-refractivity contribution >= 4 is 28.9 Å². The molecule has 88 valence electrons. The Bertz CT molecular complexity index is 368. The summed E-state index contributed by atoms with van der Waals surface area (Å²) in [4.78, 5) is 11.2. The quantitative estimate of drug-likeness (QED) is 0.690. The highest BCUT2D eigenvalue weighted by Crippen LogP contribution is 2.23. The third-order valence-electron chi connectivity index (χ3n) is 2.03. The average Bonchev–Trinajstić information content (AvgIpc) is 2.22. The zero-order valence-corrected chi connectivity index (χ0v) is 9.97. The molecule has 0 atom stereocenters. The molecular weight excluding hydrogens is 226 g/mol. The normalized spacial score (nSPS) is 9.88. The van der Waals surface area contributed by atoms with Gasteiger partial charge in [0.1, 0.15) is 0 Å². The SMILES string of the molecule is CCNC(=O)CCNc1ccc(N)cc1Cl. The summed E-state index contributed by atoms with van der Waals surface area (Å²) in [7, 11) is 0. The molecule has 0 heterocycles. The van der Waals surface area contributed by atoms with Crippen LogP contribution in [-0.4, -0.2) is 19.0 Å². The third kappa shape index (κ3) is 3.98. The Labute approximate surface area is 100 Å². The first-order valence-electron chi connectivity index (χ1n) is 5.19. The number of hydrogen-bond donors (Lipinski definition) is 3. The molecule has 0 aliphatic rings. The van der Waals surface area contributed by atoms with Gasteiger partial charge in [-0.3, -0.25) is 4.79 Å². The second-order valence-electron chi connectivity index (χ2n) is 3.37. The maximum atomic E-state index is 11.2. The maximum Gasteiger partial charge on any atom is 0.221 e. The zero-order chi connectivity index (χ0) is 12.0. The van der Waals surface area contributed by atoms with Gasteiger partial charge in [-0.2, -0.15) is 0 Å². The van der Waals surface area contributed by atoms with E-state index in [1.54, 1.807) is 18.2 Å². The van der Waals surface area contributed by atoms with Gasteiger partial charge in [-0.1, -0.05) is 11.6 Å². The van der Waals surface area contributed by atoms with Crippen LogP contribution in [0, 0.1) is 0 Å². The van der Waals surface area contributed by atoms with Crippen LogP contribution in [0.5, 0.6) is 0 Å². The van der Waals surface area contributed by atoms with Gasteiger partial charge < -0.3 is 16.4 Å². The van der Waals surface area contributed by atoms with Crippen molar-refractivity contribution in [3.05, 3.63) is 23.2 Å². The fourth-order valence-electron chi connectivity index (χ4n) is 1.27. The van der Waals surface area contributed by atoms with Gasteiger partial charge in [-0.05, 0) is 25.1 Å². The average molecular weight is 242 g/mol. The Morgan fingerprint density at radius 3 is 2.88 bits per heavy atom. The Morgan fingerprint density at radius 2 is 2.25 bits per heavy atom. The summed E-state index contributed by atoms with van der Waals surface area (Å²) in [5.41, 5.74) is 6.98. The molecule has 0 spiro atoms. The first-order chi connectivity index (χ1) is 7.63. The molecule has 0 aromatic heterocycles. The lowest BCUT2D eigenvalue weighted by Crippen LogP contribution is -2.24. The van der Waals surface area contributed by atoms with Crippen molar-refractivity contribution in [2.45, 2.75) is 13.3 Å². The van der Waals surface area contributed by atoms with Gasteiger partial charge >= 0.3 is 0 Å². The van der Waals surface area contributed by atoms with E-state index in [0.29, 0.717) is 30.2 Å². The van der Waals surface area contributed by atoms with Crippen molar-refractivity contribution in [2.24, 2.45) is 0 Å². The smallest absolute Gasteiger partial charge is 0.221 e. The van der Waals surface area contributed by atoms with E-state index in [1.165, 1.54) is 0 Å². The van der Waals surface area contributed by atoms with Crippen LogP contribution in [-0.2, 0) is 4.79 Å². The lowest BCUT2D eigenvalue weighted by Gasteiger charge is -2.08. The molecule has 1 amide bonds. The summed E-state index contributed by atoms with van der Waals surface area (Å²) in [5.74, 6) is 0.0292. The largest absolute Gasteiger partial charge is 0.399 e. The van der Waals surface area contributed by atoms with Crippen molar-refractivity contribution < 1.29 is 4.79 Å². The van der Waals surface area contributed by atoms with Crippen LogP contribution < -0.4 is 16.4 Å². The first kappa shape index (κ1) is 12.6. The molecule has 0 aliphatic heterocycles. The minimum absolute atomic E-state index is 0.0292. The number of amides is 1. The minimum atomic E-state index is 0.0292. The minimum Gasteiger partial charge on any atom is -0.399 e. The number of rotatable bonds is 5. The number of carbonyl (C=O) groups excluding carboxylic acids is 1. The zero-order valence-electron chi connectivity index (χ0n) is 9.22. The highest BCUT2D eigenvalue weighted by atomic mass is 35.5. The fourth-order valence-corrected chi connectivity index (χ4v) is 1.53. The number of nitrogens with two attached hydrogens (primary N) is 1. The molecule has 4 N–H and O–H groups in total. The van der Waals surface area contributed by atoms with Crippen molar-refractivity contribution in [2.75, 3.05) is 24.1 Å². The van der Waals surface area contributed by atoms with E-state index in [4.69, 9.17) is 17.3 Å². The molecule has 0 fully saturated rings. The topological polar surface area (TPSA) is 67.2 Å². The number of nitrogen functional groups attached to an aromatic ring is 1. The first-order valence-corrected chi connectivity index (χ1v) is 5.57. The van der Waals surface area contributed by atoms with Crippen molar-refractivity contribution in [3.8, 4) is 0 Å². The third-order valence-corrected chi connectivity index (χ3v) is 2.35. The molecule has 0 aliphatic carbocycles. The maximum absolute atomic E-state index is 11.2. The second-order valence-corrected chi connectivity index (χ2v) is 3.78. The second kappa shape index (κ2) is 6.23. The Hall–Kier alpha value is -1.42. The van der Waals surface area contributed by atoms with Gasteiger partial charge in [0.05, 0.1) is 10.7 Å². The highest BCUT2D eigenvalue weighted by molar-refractivity contribution is 6.33. The molecular formula is C11H16ClN3O. The van der Waals surface area contributed by atoms with Crippen LogP contribution in [0.15, 0.2) is 18.2 Å². The van der Waals surface area contributed by atoms with Crippen molar-refractivity contribution in [1.29, 1.82) is 0 Å². The fraction of sp³-hybridized carbons (Fsp3) is 0.364. The van der Waals surface area contributed by atoms with Gasteiger partial charge in [-0.15, -0.1) is 0 Å². The van der Waals surface area contributed by atoms with Crippen LogP contribution in [0.3, 0.4) is 0 Å². The predicted octanol–water partition coefficient (Wildman–Crippen LogP) is 1.86. The molecule has 1 rings (SSSR count). The van der Waals surface area contributed by atoms with E-state index in [-0.39, 0.29) is 5.91 Å². The molecule has 0 unspecified atom stereocenters. The molecule has 0 saturated carbocycles. The lowest BCUT2D eigenvalue weighted by molar-refractivity contribution is -0.120. The molecule has 4 nitrogen and oxygen atoms in total. The van der Waals surface area contributed by atoms with Crippen LogP contribution in [0.4, 0.5) is 11.4 Å². The van der Waals surface area contributed by atoms with Crippen LogP contribution in [0.1, 0.15) is 13.3 Å². The van der Waals surface area contributed by atoms with Crippen LogP contribution in [0.25, 0.3) is 0 Å². The van der Waals surface area contributed by atoms with E-state index in [9.17, 15) is 4.79 Å². The van der Waals surface area contributed by atoms with Gasteiger partial charge in [0.15, 0.2) is 0 Å². The standard InChI is InChI=1S/C11H16ClN3O/c1-2-14-11(16)5-6-15-10-4-3-8(13)7-9(10)12/h3-4,7,15H,2,5-6,13H2,1H3,(H,14,16). The number of halogens is 1. The van der Waals surface area contributed by atoms with Gasteiger partial charge in [0.2, 0.25) is 5.91 Å². The predicted molar refractivity (Wildman–Crippen MR) is 67.7 cm³/mol. The molecule has 16 heavy (non-hydrogen) atoms. The summed E-state index contributed by atoms with van der Waals surface area (Å²) in [6, 6.07) is 5.24. The van der Waals surface area contributed by atoms with Crippen LogP contribution in [0.2, 0.25) is 5.02 Å². The summed E-state index contributed by atoms with van der Waals surface area (Å²) in [6.45, 7) is 3.10. The van der Waals surface area contributed by atoms with E-state index in [1.807, 2.05) is 6.92 Å². The van der Waals surface area contributed by atoms with E-state index >= 15 is 0 Å². The molecule has 5 heteroatoms. The summed E-state index contributed by atoms with van der Waals surface area (Å²) >= 11 is 5.96.